The van der Waals surface area contributed by atoms with Crippen molar-refractivity contribution < 1.29 is 0 Å². The van der Waals surface area contributed by atoms with Crippen molar-refractivity contribution in [2.24, 2.45) is 0 Å². The summed E-state index contributed by atoms with van der Waals surface area (Å²) in [7, 11) is -0.0239. The lowest BCUT2D eigenvalue weighted by atomic mass is 10.3. The van der Waals surface area contributed by atoms with Crippen molar-refractivity contribution in [3.63, 3.8) is 0 Å². The first-order valence-electron chi connectivity index (χ1n) is 4.96. The van der Waals surface area contributed by atoms with Gasteiger partial charge in [0, 0.05) is 0 Å². The smallest absolute Gasteiger partial charge is 0.310 e. The number of hydrogen-bond donors (Lipinski definition) is 1. The number of halogens is 1. The highest BCUT2D eigenvalue weighted by Gasteiger charge is 2.47. The Balaban J connectivity index is 4.80. The molecule has 1 unspecified atom stereocenters. The summed E-state index contributed by atoms with van der Waals surface area (Å²) in [5.74, 6) is 0. The van der Waals surface area contributed by atoms with Crippen LogP contribution in [-0.2, 0) is 0 Å². The highest BCUT2D eigenvalue weighted by molar-refractivity contribution is 7.18. The van der Waals surface area contributed by atoms with Crippen molar-refractivity contribution >= 4 is 18.8 Å². The predicted molar refractivity (Wildman–Crippen MR) is 63.3 cm³/mol. The van der Waals surface area contributed by atoms with Crippen molar-refractivity contribution in [3.05, 3.63) is 0 Å². The second kappa shape index (κ2) is 4.78. The molecule has 0 aliphatic carbocycles. The van der Waals surface area contributed by atoms with Crippen molar-refractivity contribution in [1.82, 2.24) is 9.55 Å². The number of hydrogen-bond acceptors (Lipinski definition) is 2. The van der Waals surface area contributed by atoms with Gasteiger partial charge in [-0.3, -0.25) is 0 Å². The van der Waals surface area contributed by atoms with Crippen molar-refractivity contribution in [2.45, 2.75) is 39.7 Å². The van der Waals surface area contributed by atoms with Crippen molar-refractivity contribution in [1.29, 1.82) is 0 Å². The summed E-state index contributed by atoms with van der Waals surface area (Å²) < 4.78 is 2.37. The fraction of sp³-hybridized carbons (Fsp3) is 1.00. The van der Waals surface area contributed by atoms with Crippen LogP contribution >= 0.6 is 11.1 Å². The highest BCUT2D eigenvalue weighted by Crippen LogP contribution is 2.38. The summed E-state index contributed by atoms with van der Waals surface area (Å²) in [6.07, 6.45) is 0. The Labute approximate surface area is 88.5 Å². The van der Waals surface area contributed by atoms with E-state index in [0.29, 0.717) is 0 Å². The molecule has 0 heterocycles. The largest absolute Gasteiger partial charge is 0.316 e. The molecular weight excluding hydrogens is 200 g/mol. The summed E-state index contributed by atoms with van der Waals surface area (Å²) in [6, 6.07) is 0. The molecule has 0 saturated carbocycles. The molecule has 0 radical (unpaired) electrons. The van der Waals surface area contributed by atoms with Crippen LogP contribution in [-0.4, -0.2) is 32.4 Å². The van der Waals surface area contributed by atoms with Gasteiger partial charge in [-0.15, -0.1) is 11.1 Å². The lowest BCUT2D eigenvalue weighted by Gasteiger charge is -2.44. The van der Waals surface area contributed by atoms with E-state index in [9.17, 15) is 0 Å². The molecule has 1 atom stereocenters. The lowest BCUT2D eigenvalue weighted by Crippen LogP contribution is -2.64. The zero-order chi connectivity index (χ0) is 10.7. The van der Waals surface area contributed by atoms with E-state index in [0.717, 1.165) is 13.1 Å². The van der Waals surface area contributed by atoms with Crippen molar-refractivity contribution in [2.75, 3.05) is 20.1 Å². The Kier molecular flexibility index (Phi) is 4.94. The van der Waals surface area contributed by atoms with Crippen LogP contribution in [0.4, 0.5) is 0 Å². The molecule has 4 heteroatoms. The minimum atomic E-state index is -2.00. The van der Waals surface area contributed by atoms with Crippen LogP contribution in [0.1, 0.15) is 34.6 Å². The molecule has 13 heavy (non-hydrogen) atoms. The topological polar surface area (TPSA) is 15.3 Å². The zero-order valence-electron chi connectivity index (χ0n) is 9.74. The molecule has 0 aromatic carbocycles. The molecule has 80 valence electrons. The fourth-order valence-corrected chi connectivity index (χ4v) is 5.27. The maximum atomic E-state index is 6.72. The molecule has 0 aliphatic heterocycles. The lowest BCUT2D eigenvalue weighted by molar-refractivity contribution is 0.433. The zero-order valence-corrected chi connectivity index (χ0v) is 11.5. The monoisotopic (exact) mass is 222 g/mol. The number of rotatable bonds is 4. The second-order valence-electron chi connectivity index (χ2n) is 4.29. The normalized spacial score (nSPS) is 17.5. The van der Waals surface area contributed by atoms with Crippen LogP contribution in [0.5, 0.6) is 0 Å². The van der Waals surface area contributed by atoms with Crippen LogP contribution in [0.2, 0.25) is 5.04 Å². The molecule has 0 aromatic heterocycles. The molecule has 0 aliphatic rings. The Bertz CT molecular complexity index is 154. The van der Waals surface area contributed by atoms with E-state index in [1.54, 1.807) is 0 Å². The average Bonchev–Trinajstić information content (AvgIpc) is 2.04. The third-order valence-electron chi connectivity index (χ3n) is 2.52. The Morgan fingerprint density at radius 3 is 1.69 bits per heavy atom. The van der Waals surface area contributed by atoms with Gasteiger partial charge in [-0.2, -0.15) is 0 Å². The van der Waals surface area contributed by atoms with Gasteiger partial charge in [0.15, 0.2) is 0 Å². The quantitative estimate of drug-likeness (QED) is 0.581. The van der Waals surface area contributed by atoms with E-state index >= 15 is 0 Å². The summed E-state index contributed by atoms with van der Waals surface area (Å²) >= 11 is 6.72. The van der Waals surface area contributed by atoms with Crippen LogP contribution < -0.4 is 4.98 Å². The van der Waals surface area contributed by atoms with E-state index in [1.807, 2.05) is 7.05 Å². The number of nitrogens with zero attached hydrogens (tertiary/aromatic N) is 1. The van der Waals surface area contributed by atoms with Gasteiger partial charge in [0.05, 0.1) is 0 Å². The molecular formula is C9H23ClN2Si. The third kappa shape index (κ3) is 2.69. The van der Waals surface area contributed by atoms with E-state index in [2.05, 4.69) is 44.2 Å². The molecule has 0 saturated heterocycles. The SMILES string of the molecule is CCN(CC)[Si](Cl)(NC)C(C)(C)C. The summed E-state index contributed by atoms with van der Waals surface area (Å²) in [5.41, 5.74) is 0. The molecule has 2 nitrogen and oxygen atoms in total. The van der Waals surface area contributed by atoms with Gasteiger partial charge in [0.25, 0.3) is 0 Å². The Morgan fingerprint density at radius 1 is 1.23 bits per heavy atom. The molecule has 0 spiro atoms. The van der Waals surface area contributed by atoms with E-state index in [4.69, 9.17) is 11.1 Å². The maximum absolute atomic E-state index is 6.72. The van der Waals surface area contributed by atoms with Gasteiger partial charge in [-0.1, -0.05) is 34.6 Å². The maximum Gasteiger partial charge on any atom is 0.310 e. The molecule has 1 N–H and O–H groups in total. The molecule has 0 fully saturated rings. The van der Waals surface area contributed by atoms with Crippen LogP contribution in [0.15, 0.2) is 0 Å². The Morgan fingerprint density at radius 2 is 1.62 bits per heavy atom. The second-order valence-corrected chi connectivity index (χ2v) is 9.81. The van der Waals surface area contributed by atoms with Gasteiger partial charge in [0.2, 0.25) is 0 Å². The van der Waals surface area contributed by atoms with Gasteiger partial charge in [0.1, 0.15) is 0 Å². The molecule has 0 bridgehead atoms. The van der Waals surface area contributed by atoms with Gasteiger partial charge in [-0.05, 0) is 25.2 Å². The minimum Gasteiger partial charge on any atom is -0.316 e. The first-order valence-corrected chi connectivity index (χ1v) is 7.92. The first kappa shape index (κ1) is 13.4. The fourth-order valence-electron chi connectivity index (χ4n) is 1.67. The third-order valence-corrected chi connectivity index (χ3v) is 9.66. The van der Waals surface area contributed by atoms with Crippen LogP contribution in [0, 0.1) is 0 Å². The average molecular weight is 223 g/mol. The molecule has 0 amide bonds. The van der Waals surface area contributed by atoms with Gasteiger partial charge >= 0.3 is 7.71 Å². The molecule has 0 rings (SSSR count). The van der Waals surface area contributed by atoms with E-state index in [1.165, 1.54) is 0 Å². The van der Waals surface area contributed by atoms with Gasteiger partial charge in [-0.25, -0.2) is 0 Å². The van der Waals surface area contributed by atoms with Crippen LogP contribution in [0.25, 0.3) is 0 Å². The predicted octanol–water partition coefficient (Wildman–Crippen LogP) is 2.53. The van der Waals surface area contributed by atoms with Crippen molar-refractivity contribution in [3.8, 4) is 0 Å². The number of nitrogens with one attached hydrogen (secondary N) is 1. The van der Waals surface area contributed by atoms with E-state index < -0.39 is 7.71 Å². The Hall–Kier alpha value is 0.427. The van der Waals surface area contributed by atoms with E-state index in [-0.39, 0.29) is 5.04 Å². The molecule has 0 aromatic rings. The van der Waals surface area contributed by atoms with Gasteiger partial charge < -0.3 is 9.55 Å². The highest BCUT2D eigenvalue weighted by atomic mass is 35.6. The summed E-state index contributed by atoms with van der Waals surface area (Å²) in [6.45, 7) is 13.0. The van der Waals surface area contributed by atoms with Crippen LogP contribution in [0.3, 0.4) is 0 Å². The summed E-state index contributed by atoms with van der Waals surface area (Å²) in [5, 5.41) is 0.148. The standard InChI is InChI=1S/C9H23ClN2Si/c1-7-12(8-2)13(10,11-6)9(3,4)5/h11H,7-8H2,1-6H3. The summed E-state index contributed by atoms with van der Waals surface area (Å²) in [4.78, 5) is 3.35. The first-order chi connectivity index (χ1) is 5.83. The minimum absolute atomic E-state index is 0.148.